The van der Waals surface area contributed by atoms with E-state index in [0.717, 1.165) is 6.54 Å². The zero-order chi connectivity index (χ0) is 12.4. The molecule has 6 heteroatoms. The third kappa shape index (κ3) is 2.12. The molecule has 1 aliphatic heterocycles. The van der Waals surface area contributed by atoms with Crippen molar-refractivity contribution in [2.45, 2.75) is 32.0 Å². The summed E-state index contributed by atoms with van der Waals surface area (Å²) < 4.78 is 7.19. The van der Waals surface area contributed by atoms with Crippen LogP contribution in [-0.2, 0) is 16.1 Å². The van der Waals surface area contributed by atoms with Gasteiger partial charge in [-0.05, 0) is 6.92 Å². The van der Waals surface area contributed by atoms with E-state index in [4.69, 9.17) is 4.74 Å². The minimum atomic E-state index is -0.824. The van der Waals surface area contributed by atoms with Gasteiger partial charge >= 0.3 is 5.97 Å². The summed E-state index contributed by atoms with van der Waals surface area (Å²) in [6, 6.07) is -0.548. The molecular formula is C11H17N3O3. The van der Waals surface area contributed by atoms with Crippen LogP contribution in [-0.4, -0.2) is 46.4 Å². The Bertz CT molecular complexity index is 404. The number of aryl methyl sites for hydroxylation is 1. The summed E-state index contributed by atoms with van der Waals surface area (Å²) in [6.45, 7) is 3.35. The van der Waals surface area contributed by atoms with Gasteiger partial charge in [-0.3, -0.25) is 0 Å². The van der Waals surface area contributed by atoms with Crippen LogP contribution in [0.25, 0.3) is 0 Å². The number of carboxylic acids is 1. The third-order valence-corrected chi connectivity index (χ3v) is 3.17. The van der Waals surface area contributed by atoms with Crippen LogP contribution in [0.15, 0.2) is 12.4 Å². The van der Waals surface area contributed by atoms with Crippen LogP contribution in [0, 0.1) is 0 Å². The maximum absolute atomic E-state index is 11.2. The van der Waals surface area contributed by atoms with E-state index in [0.29, 0.717) is 18.9 Å². The van der Waals surface area contributed by atoms with E-state index in [-0.39, 0.29) is 6.10 Å². The largest absolute Gasteiger partial charge is 0.480 e. The van der Waals surface area contributed by atoms with E-state index in [1.807, 2.05) is 17.7 Å². The second-order valence-corrected chi connectivity index (χ2v) is 4.11. The molecule has 1 saturated heterocycles. The Balaban J connectivity index is 2.26. The van der Waals surface area contributed by atoms with E-state index in [1.54, 1.807) is 18.2 Å². The Kier molecular flexibility index (Phi) is 3.33. The molecule has 2 atom stereocenters. The van der Waals surface area contributed by atoms with E-state index in [2.05, 4.69) is 4.98 Å². The number of methoxy groups -OCH3 is 1. The van der Waals surface area contributed by atoms with Gasteiger partial charge in [-0.1, -0.05) is 0 Å². The topological polar surface area (TPSA) is 67.6 Å². The number of anilines is 1. The zero-order valence-corrected chi connectivity index (χ0v) is 10.0. The first-order chi connectivity index (χ1) is 8.17. The quantitative estimate of drug-likeness (QED) is 0.832. The smallest absolute Gasteiger partial charge is 0.326 e. The fourth-order valence-corrected chi connectivity index (χ4v) is 2.23. The predicted octanol–water partition coefficient (Wildman–Crippen LogP) is 0.581. The van der Waals surface area contributed by atoms with Crippen molar-refractivity contribution in [2.24, 2.45) is 0 Å². The number of carbonyl (C=O) groups is 1. The maximum atomic E-state index is 11.2. The lowest BCUT2D eigenvalue weighted by Crippen LogP contribution is -2.37. The van der Waals surface area contributed by atoms with Crippen molar-refractivity contribution in [3.8, 4) is 0 Å². The lowest BCUT2D eigenvalue weighted by molar-refractivity contribution is -0.138. The Morgan fingerprint density at radius 2 is 2.47 bits per heavy atom. The second kappa shape index (κ2) is 4.75. The van der Waals surface area contributed by atoms with Gasteiger partial charge in [0, 0.05) is 39.0 Å². The van der Waals surface area contributed by atoms with E-state index >= 15 is 0 Å². The van der Waals surface area contributed by atoms with Crippen molar-refractivity contribution >= 4 is 11.9 Å². The normalized spacial score (nSPS) is 24.2. The molecule has 94 valence electrons. The minimum Gasteiger partial charge on any atom is -0.480 e. The molecule has 0 spiro atoms. The Labute approximate surface area is 99.8 Å². The van der Waals surface area contributed by atoms with E-state index in [9.17, 15) is 9.90 Å². The molecule has 17 heavy (non-hydrogen) atoms. The van der Waals surface area contributed by atoms with Gasteiger partial charge in [0.2, 0.25) is 5.95 Å². The third-order valence-electron chi connectivity index (χ3n) is 3.17. The first kappa shape index (κ1) is 11.9. The highest BCUT2D eigenvalue weighted by Gasteiger charge is 2.38. The molecule has 1 aromatic rings. The van der Waals surface area contributed by atoms with Gasteiger partial charge in [-0.25, -0.2) is 9.78 Å². The highest BCUT2D eigenvalue weighted by atomic mass is 16.5. The number of nitrogens with zero attached hydrogens (tertiary/aromatic N) is 3. The standard InChI is InChI=1S/C11H17N3O3/c1-3-13-5-4-12-11(13)14-7-8(17-2)6-9(14)10(15)16/h4-5,8-9H,3,6-7H2,1-2H3,(H,15,16). The van der Waals surface area contributed by atoms with Crippen LogP contribution >= 0.6 is 0 Å². The molecule has 0 aliphatic carbocycles. The molecular weight excluding hydrogens is 222 g/mol. The van der Waals surface area contributed by atoms with Crippen molar-refractivity contribution in [3.63, 3.8) is 0 Å². The summed E-state index contributed by atoms with van der Waals surface area (Å²) in [5.74, 6) is -0.116. The van der Waals surface area contributed by atoms with Gasteiger partial charge in [0.1, 0.15) is 6.04 Å². The van der Waals surface area contributed by atoms with Gasteiger partial charge in [0.05, 0.1) is 6.10 Å². The summed E-state index contributed by atoms with van der Waals surface area (Å²) >= 11 is 0. The average molecular weight is 239 g/mol. The molecule has 2 rings (SSSR count). The molecule has 0 bridgehead atoms. The number of aliphatic carboxylic acids is 1. The lowest BCUT2D eigenvalue weighted by atomic mass is 10.2. The van der Waals surface area contributed by atoms with Crippen molar-refractivity contribution < 1.29 is 14.6 Å². The summed E-state index contributed by atoms with van der Waals surface area (Å²) in [6.07, 6.45) is 4.01. The minimum absolute atomic E-state index is 0.0434. The second-order valence-electron chi connectivity index (χ2n) is 4.11. The van der Waals surface area contributed by atoms with Gasteiger partial charge < -0.3 is 19.3 Å². The Morgan fingerprint density at radius 3 is 3.06 bits per heavy atom. The van der Waals surface area contributed by atoms with Gasteiger partial charge in [-0.2, -0.15) is 0 Å². The van der Waals surface area contributed by atoms with Crippen molar-refractivity contribution in [3.05, 3.63) is 12.4 Å². The number of aromatic nitrogens is 2. The highest BCUT2D eigenvalue weighted by Crippen LogP contribution is 2.25. The summed E-state index contributed by atoms with van der Waals surface area (Å²) in [4.78, 5) is 17.3. The summed E-state index contributed by atoms with van der Waals surface area (Å²) in [7, 11) is 1.61. The Morgan fingerprint density at radius 1 is 1.71 bits per heavy atom. The van der Waals surface area contributed by atoms with Gasteiger partial charge in [0.15, 0.2) is 0 Å². The van der Waals surface area contributed by atoms with Crippen LogP contribution in [0.2, 0.25) is 0 Å². The highest BCUT2D eigenvalue weighted by molar-refractivity contribution is 5.78. The lowest BCUT2D eigenvalue weighted by Gasteiger charge is -2.22. The van der Waals surface area contributed by atoms with Gasteiger partial charge in [0.25, 0.3) is 0 Å². The molecule has 1 aliphatic rings. The molecule has 6 nitrogen and oxygen atoms in total. The molecule has 0 amide bonds. The summed E-state index contributed by atoms with van der Waals surface area (Å²) in [5, 5.41) is 9.23. The average Bonchev–Trinajstić information content (AvgIpc) is 2.94. The van der Waals surface area contributed by atoms with Gasteiger partial charge in [-0.15, -0.1) is 0 Å². The molecule has 1 N–H and O–H groups in total. The van der Waals surface area contributed by atoms with Crippen LogP contribution in [0.1, 0.15) is 13.3 Å². The molecule has 1 aromatic heterocycles. The van der Waals surface area contributed by atoms with Crippen LogP contribution in [0.5, 0.6) is 0 Å². The predicted molar refractivity (Wildman–Crippen MR) is 62.1 cm³/mol. The molecule has 0 aromatic carbocycles. The number of hydrogen-bond donors (Lipinski definition) is 1. The molecule has 0 radical (unpaired) electrons. The number of hydrogen-bond acceptors (Lipinski definition) is 4. The first-order valence-electron chi connectivity index (χ1n) is 5.70. The zero-order valence-electron chi connectivity index (χ0n) is 10.0. The summed E-state index contributed by atoms with van der Waals surface area (Å²) in [5.41, 5.74) is 0. The van der Waals surface area contributed by atoms with Crippen LogP contribution in [0.3, 0.4) is 0 Å². The first-order valence-corrected chi connectivity index (χ1v) is 5.70. The molecule has 1 fully saturated rings. The molecule has 0 saturated carbocycles. The number of imidazole rings is 1. The van der Waals surface area contributed by atoms with Crippen LogP contribution in [0.4, 0.5) is 5.95 Å². The molecule has 2 heterocycles. The van der Waals surface area contributed by atoms with Crippen molar-refractivity contribution in [1.29, 1.82) is 0 Å². The van der Waals surface area contributed by atoms with Crippen molar-refractivity contribution in [1.82, 2.24) is 9.55 Å². The molecule has 2 unspecified atom stereocenters. The van der Waals surface area contributed by atoms with Crippen LogP contribution < -0.4 is 4.90 Å². The fraction of sp³-hybridized carbons (Fsp3) is 0.636. The Hall–Kier alpha value is -1.56. The number of carboxylic acid groups (broad SMARTS) is 1. The maximum Gasteiger partial charge on any atom is 0.326 e. The number of rotatable bonds is 4. The fourth-order valence-electron chi connectivity index (χ4n) is 2.23. The van der Waals surface area contributed by atoms with E-state index < -0.39 is 12.0 Å². The van der Waals surface area contributed by atoms with E-state index in [1.165, 1.54) is 0 Å². The SMILES string of the molecule is CCn1ccnc1N1CC(OC)CC1C(=O)O. The van der Waals surface area contributed by atoms with Crippen molar-refractivity contribution in [2.75, 3.05) is 18.6 Å². The monoisotopic (exact) mass is 239 g/mol. The number of ether oxygens (including phenoxy) is 1.